The Kier molecular flexibility index (Phi) is 4.56. The molecule has 0 radical (unpaired) electrons. The van der Waals surface area contributed by atoms with Crippen molar-refractivity contribution >= 4 is 23.6 Å². The van der Waals surface area contributed by atoms with Crippen LogP contribution in [0.25, 0.3) is 0 Å². The molecule has 1 N–H and O–H groups in total. The summed E-state index contributed by atoms with van der Waals surface area (Å²) in [6.45, 7) is 2.82. The van der Waals surface area contributed by atoms with Crippen LogP contribution in [0.1, 0.15) is 40.4 Å². The monoisotopic (exact) mass is 363 g/mol. The van der Waals surface area contributed by atoms with E-state index in [1.807, 2.05) is 55.9 Å². The minimum atomic E-state index is 0.0143. The summed E-state index contributed by atoms with van der Waals surface area (Å²) < 4.78 is 0. The summed E-state index contributed by atoms with van der Waals surface area (Å²) >= 11 is 0. The molecule has 1 saturated carbocycles. The van der Waals surface area contributed by atoms with E-state index in [1.54, 1.807) is 0 Å². The number of aliphatic imine (C=N–C) groups is 1. The fourth-order valence-electron chi connectivity index (χ4n) is 3.25. The van der Waals surface area contributed by atoms with Crippen LogP contribution in [0, 0.1) is 6.92 Å². The first kappa shape index (κ1) is 17.5. The zero-order valence-corrected chi connectivity index (χ0v) is 16.0. The van der Waals surface area contributed by atoms with Gasteiger partial charge in [0.25, 0.3) is 5.91 Å². The average Bonchev–Trinajstić information content (AvgIpc) is 3.34. The first-order valence-electron chi connectivity index (χ1n) is 9.35. The molecule has 27 heavy (non-hydrogen) atoms. The summed E-state index contributed by atoms with van der Waals surface area (Å²) in [5.41, 5.74) is 5.05. The van der Waals surface area contributed by atoms with Crippen LogP contribution < -0.4 is 15.1 Å². The molecule has 1 fully saturated rings. The summed E-state index contributed by atoms with van der Waals surface area (Å²) in [4.78, 5) is 25.6. The highest BCUT2D eigenvalue weighted by atomic mass is 16.1. The smallest absolute Gasteiger partial charge is 0.251 e. The third-order valence-electron chi connectivity index (χ3n) is 5.13. The molecule has 0 saturated heterocycles. The van der Waals surface area contributed by atoms with Crippen molar-refractivity contribution in [3.8, 4) is 0 Å². The van der Waals surface area contributed by atoms with Gasteiger partial charge in [0.05, 0.1) is 42.7 Å². The van der Waals surface area contributed by atoms with Gasteiger partial charge in [0.1, 0.15) is 0 Å². The van der Waals surface area contributed by atoms with Crippen LogP contribution in [0.5, 0.6) is 0 Å². The Morgan fingerprint density at radius 2 is 2.04 bits per heavy atom. The molecule has 4 rings (SSSR count). The first-order chi connectivity index (χ1) is 13.0. The van der Waals surface area contributed by atoms with Gasteiger partial charge in [0.2, 0.25) is 0 Å². The van der Waals surface area contributed by atoms with Gasteiger partial charge in [-0.3, -0.25) is 14.8 Å². The summed E-state index contributed by atoms with van der Waals surface area (Å²) in [6, 6.07) is 8.39. The Hall–Kier alpha value is -2.89. The Morgan fingerprint density at radius 3 is 2.78 bits per heavy atom. The molecule has 1 aromatic carbocycles. The molecule has 2 aromatic rings. The molecule has 6 nitrogen and oxygen atoms in total. The molecule has 0 bridgehead atoms. The van der Waals surface area contributed by atoms with Gasteiger partial charge in [-0.15, -0.1) is 0 Å². The summed E-state index contributed by atoms with van der Waals surface area (Å²) in [6.07, 6.45) is 7.75. The fourth-order valence-corrected chi connectivity index (χ4v) is 3.25. The number of anilines is 2. The second-order valence-electron chi connectivity index (χ2n) is 7.55. The summed E-state index contributed by atoms with van der Waals surface area (Å²) in [5.74, 6) is 0.0143. The lowest BCUT2D eigenvalue weighted by Gasteiger charge is -2.20. The van der Waals surface area contributed by atoms with E-state index in [0.29, 0.717) is 11.6 Å². The van der Waals surface area contributed by atoms with E-state index in [0.717, 1.165) is 41.9 Å². The minimum Gasteiger partial charge on any atom is -0.376 e. The van der Waals surface area contributed by atoms with Gasteiger partial charge in [-0.05, 0) is 49.1 Å². The molecule has 2 heterocycles. The third kappa shape index (κ3) is 3.79. The molecule has 1 unspecified atom stereocenters. The van der Waals surface area contributed by atoms with Crippen molar-refractivity contribution in [2.45, 2.75) is 31.8 Å². The van der Waals surface area contributed by atoms with E-state index in [-0.39, 0.29) is 11.9 Å². The highest BCUT2D eigenvalue weighted by molar-refractivity contribution is 5.95. The third-order valence-corrected chi connectivity index (χ3v) is 5.13. The zero-order chi connectivity index (χ0) is 19.0. The number of carbonyl (C=O) groups excluding carboxylic acids is 1. The van der Waals surface area contributed by atoms with Crippen LogP contribution in [0.3, 0.4) is 0 Å². The number of pyridine rings is 1. The number of aromatic nitrogens is 1. The quantitative estimate of drug-likeness (QED) is 0.887. The van der Waals surface area contributed by atoms with Crippen molar-refractivity contribution in [1.29, 1.82) is 0 Å². The molecule has 1 aliphatic heterocycles. The number of nitrogens with zero attached hydrogens (tertiary/aromatic N) is 4. The Balaban J connectivity index is 1.52. The number of carbonyl (C=O) groups is 1. The Morgan fingerprint density at radius 1 is 1.22 bits per heavy atom. The second kappa shape index (κ2) is 7.02. The lowest BCUT2D eigenvalue weighted by Crippen LogP contribution is -2.25. The molecule has 1 atom stereocenters. The molecule has 1 aromatic heterocycles. The number of nitrogens with one attached hydrogen (secondary N) is 1. The predicted octanol–water partition coefficient (Wildman–Crippen LogP) is 2.94. The molecule has 2 aliphatic rings. The maximum absolute atomic E-state index is 12.4. The van der Waals surface area contributed by atoms with Crippen LogP contribution in [-0.4, -0.2) is 43.9 Å². The van der Waals surface area contributed by atoms with Crippen molar-refractivity contribution in [3.05, 3.63) is 53.3 Å². The molecule has 140 valence electrons. The number of rotatable bonds is 5. The highest BCUT2D eigenvalue weighted by Gasteiger charge is 2.26. The normalized spacial score (nSPS) is 18.6. The largest absolute Gasteiger partial charge is 0.376 e. The molecule has 1 aliphatic carbocycles. The number of amides is 1. The van der Waals surface area contributed by atoms with Gasteiger partial charge >= 0.3 is 0 Å². The van der Waals surface area contributed by atoms with E-state index in [9.17, 15) is 4.79 Å². The highest BCUT2D eigenvalue weighted by Crippen LogP contribution is 2.30. The Labute approximate surface area is 159 Å². The van der Waals surface area contributed by atoms with Gasteiger partial charge in [0, 0.05) is 25.7 Å². The summed E-state index contributed by atoms with van der Waals surface area (Å²) in [7, 11) is 4.01. The standard InChI is InChI=1S/C21H25N5O/c1-14-4-5-15(21(27)24-16-6-7-16)8-19(14)20-12-26(13-23-20)18-9-17(25(2)3)10-22-11-18/h4-5,8-11,13,16,20H,6-7,12H2,1-3H3,(H,24,27). The van der Waals surface area contributed by atoms with E-state index >= 15 is 0 Å². The van der Waals surface area contributed by atoms with Gasteiger partial charge in [-0.25, -0.2) is 0 Å². The molecular weight excluding hydrogens is 338 g/mol. The molecule has 1 amide bonds. The summed E-state index contributed by atoms with van der Waals surface area (Å²) in [5, 5.41) is 3.06. The average molecular weight is 363 g/mol. The number of hydrogen-bond donors (Lipinski definition) is 1. The topological polar surface area (TPSA) is 60.8 Å². The van der Waals surface area contributed by atoms with Crippen molar-refractivity contribution in [2.75, 3.05) is 30.4 Å². The van der Waals surface area contributed by atoms with Gasteiger partial charge in [-0.2, -0.15) is 0 Å². The number of hydrogen-bond acceptors (Lipinski definition) is 5. The first-order valence-corrected chi connectivity index (χ1v) is 9.35. The van der Waals surface area contributed by atoms with Gasteiger partial charge in [0.15, 0.2) is 0 Å². The lowest BCUT2D eigenvalue weighted by molar-refractivity contribution is 0.0951. The van der Waals surface area contributed by atoms with E-state index in [2.05, 4.69) is 28.2 Å². The van der Waals surface area contributed by atoms with Gasteiger partial charge < -0.3 is 15.1 Å². The van der Waals surface area contributed by atoms with Crippen LogP contribution in [0.15, 0.2) is 41.7 Å². The number of benzene rings is 1. The van der Waals surface area contributed by atoms with Gasteiger partial charge in [-0.1, -0.05) is 6.07 Å². The van der Waals surface area contributed by atoms with Crippen LogP contribution in [0.4, 0.5) is 11.4 Å². The predicted molar refractivity (Wildman–Crippen MR) is 109 cm³/mol. The second-order valence-corrected chi connectivity index (χ2v) is 7.55. The fraction of sp³-hybridized carbons (Fsp3) is 0.381. The Bertz CT molecular complexity index is 888. The van der Waals surface area contributed by atoms with Crippen LogP contribution in [0.2, 0.25) is 0 Å². The van der Waals surface area contributed by atoms with Crippen molar-refractivity contribution in [2.24, 2.45) is 4.99 Å². The lowest BCUT2D eigenvalue weighted by atomic mass is 9.98. The van der Waals surface area contributed by atoms with E-state index < -0.39 is 0 Å². The maximum atomic E-state index is 12.4. The molecular formula is C21H25N5O. The van der Waals surface area contributed by atoms with Crippen LogP contribution in [-0.2, 0) is 0 Å². The minimum absolute atomic E-state index is 0.0143. The zero-order valence-electron chi connectivity index (χ0n) is 16.0. The van der Waals surface area contributed by atoms with E-state index in [4.69, 9.17) is 4.99 Å². The SMILES string of the molecule is Cc1ccc(C(=O)NC2CC2)cc1C1CN(c2cncc(N(C)C)c2)C=N1. The molecule has 6 heteroatoms. The van der Waals surface area contributed by atoms with Crippen molar-refractivity contribution in [3.63, 3.8) is 0 Å². The van der Waals surface area contributed by atoms with E-state index in [1.165, 1.54) is 0 Å². The molecule has 0 spiro atoms. The maximum Gasteiger partial charge on any atom is 0.251 e. The van der Waals surface area contributed by atoms with Crippen LogP contribution >= 0.6 is 0 Å². The van der Waals surface area contributed by atoms with Crippen molar-refractivity contribution in [1.82, 2.24) is 10.3 Å². The van der Waals surface area contributed by atoms with Crippen molar-refractivity contribution < 1.29 is 4.79 Å². The number of aryl methyl sites for hydroxylation is 1.